The van der Waals surface area contributed by atoms with Crippen molar-refractivity contribution in [2.75, 3.05) is 23.8 Å². The van der Waals surface area contributed by atoms with Gasteiger partial charge in [0, 0.05) is 45.9 Å². The van der Waals surface area contributed by atoms with Gasteiger partial charge in [0.1, 0.15) is 0 Å². The highest BCUT2D eigenvalue weighted by Crippen LogP contribution is 2.23. The Balaban J connectivity index is 1.71. The summed E-state index contributed by atoms with van der Waals surface area (Å²) in [6, 6.07) is 1.88. The predicted molar refractivity (Wildman–Crippen MR) is 78.1 cm³/mol. The van der Waals surface area contributed by atoms with Crippen LogP contribution < -0.4 is 11.1 Å². The summed E-state index contributed by atoms with van der Waals surface area (Å²) in [5.41, 5.74) is 5.83. The van der Waals surface area contributed by atoms with E-state index in [1.807, 2.05) is 23.2 Å². The van der Waals surface area contributed by atoms with Crippen molar-refractivity contribution >= 4 is 40.8 Å². The number of hydrogen-bond donors (Lipinski definition) is 2. The zero-order valence-corrected chi connectivity index (χ0v) is 11.9. The molecule has 2 heterocycles. The third-order valence-electron chi connectivity index (χ3n) is 2.49. The first-order chi connectivity index (χ1) is 8.25. The number of carbonyl (C=O) groups is 1. The van der Waals surface area contributed by atoms with Crippen molar-refractivity contribution in [2.24, 2.45) is 5.73 Å². The molecule has 1 aliphatic heterocycles. The molecule has 94 valence electrons. The molecule has 1 fully saturated rings. The molecule has 0 radical (unpaired) electrons. The average Bonchev–Trinajstić information content (AvgIpc) is 2.79. The van der Waals surface area contributed by atoms with E-state index in [1.54, 1.807) is 11.3 Å². The van der Waals surface area contributed by atoms with Crippen molar-refractivity contribution in [1.82, 2.24) is 5.32 Å². The second-order valence-electron chi connectivity index (χ2n) is 3.86. The Morgan fingerprint density at radius 2 is 2.41 bits per heavy atom. The van der Waals surface area contributed by atoms with Crippen LogP contribution >= 0.6 is 34.9 Å². The van der Waals surface area contributed by atoms with E-state index in [2.05, 4.69) is 17.1 Å². The fourth-order valence-electron chi connectivity index (χ4n) is 1.61. The molecule has 0 spiro atoms. The van der Waals surface area contributed by atoms with Gasteiger partial charge < -0.3 is 11.1 Å². The molecular formula is C11H16N2OS3. The van der Waals surface area contributed by atoms with Crippen molar-refractivity contribution in [3.8, 4) is 0 Å². The minimum atomic E-state index is -0.341. The zero-order valence-electron chi connectivity index (χ0n) is 9.48. The van der Waals surface area contributed by atoms with E-state index in [0.29, 0.717) is 5.56 Å². The number of carbonyl (C=O) groups excluding carboxylic acids is 1. The zero-order chi connectivity index (χ0) is 12.1. The summed E-state index contributed by atoms with van der Waals surface area (Å²) in [7, 11) is 0. The van der Waals surface area contributed by atoms with Gasteiger partial charge in [-0.15, -0.1) is 11.3 Å². The van der Waals surface area contributed by atoms with Crippen LogP contribution in [0.15, 0.2) is 11.4 Å². The molecule has 17 heavy (non-hydrogen) atoms. The molecule has 0 aliphatic carbocycles. The van der Waals surface area contributed by atoms with E-state index >= 15 is 0 Å². The maximum absolute atomic E-state index is 10.9. The van der Waals surface area contributed by atoms with Gasteiger partial charge in [0.15, 0.2) is 0 Å². The van der Waals surface area contributed by atoms with Gasteiger partial charge in [-0.2, -0.15) is 23.5 Å². The van der Waals surface area contributed by atoms with E-state index in [9.17, 15) is 4.79 Å². The van der Waals surface area contributed by atoms with Gasteiger partial charge in [-0.05, 0) is 6.07 Å². The first kappa shape index (κ1) is 13.3. The molecule has 0 bridgehead atoms. The lowest BCUT2D eigenvalue weighted by Crippen LogP contribution is -2.28. The SMILES string of the molecule is NC(=O)c1csc(CNCC2CSCCS2)c1. The summed E-state index contributed by atoms with van der Waals surface area (Å²) >= 11 is 5.68. The minimum absolute atomic E-state index is 0.341. The van der Waals surface area contributed by atoms with Crippen molar-refractivity contribution in [1.29, 1.82) is 0 Å². The van der Waals surface area contributed by atoms with Crippen LogP contribution in [0.5, 0.6) is 0 Å². The van der Waals surface area contributed by atoms with Crippen LogP contribution in [0.1, 0.15) is 15.2 Å². The summed E-state index contributed by atoms with van der Waals surface area (Å²) in [6.45, 7) is 1.88. The quantitative estimate of drug-likeness (QED) is 0.867. The number of amides is 1. The number of rotatable bonds is 5. The molecule has 1 aromatic rings. The fourth-order valence-corrected chi connectivity index (χ4v) is 5.10. The van der Waals surface area contributed by atoms with E-state index < -0.39 is 0 Å². The fraction of sp³-hybridized carbons (Fsp3) is 0.545. The van der Waals surface area contributed by atoms with Crippen molar-refractivity contribution < 1.29 is 4.79 Å². The summed E-state index contributed by atoms with van der Waals surface area (Å²) in [4.78, 5) is 12.1. The van der Waals surface area contributed by atoms with Crippen molar-refractivity contribution in [2.45, 2.75) is 11.8 Å². The molecule has 3 N–H and O–H groups in total. The lowest BCUT2D eigenvalue weighted by molar-refractivity contribution is 0.100. The Morgan fingerprint density at radius 1 is 1.53 bits per heavy atom. The Hall–Kier alpha value is -0.170. The Morgan fingerprint density at radius 3 is 3.06 bits per heavy atom. The molecule has 1 aromatic heterocycles. The van der Waals surface area contributed by atoms with E-state index in [4.69, 9.17) is 5.73 Å². The largest absolute Gasteiger partial charge is 0.366 e. The second-order valence-corrected chi connectivity index (χ2v) is 7.42. The number of primary amides is 1. The standard InChI is InChI=1S/C11H16N2OS3/c12-11(14)8-3-9(17-6-8)4-13-5-10-7-15-1-2-16-10/h3,6,10,13H,1-2,4-5,7H2,(H2,12,14). The van der Waals surface area contributed by atoms with Crippen LogP contribution in [0.2, 0.25) is 0 Å². The molecule has 1 atom stereocenters. The Bertz CT molecular complexity index is 375. The Labute approximate surface area is 114 Å². The smallest absolute Gasteiger partial charge is 0.249 e. The number of hydrogen-bond acceptors (Lipinski definition) is 5. The average molecular weight is 288 g/mol. The highest BCUT2D eigenvalue weighted by Gasteiger charge is 2.13. The predicted octanol–water partition coefficient (Wildman–Crippen LogP) is 1.79. The van der Waals surface area contributed by atoms with Crippen LogP contribution in [-0.4, -0.2) is 35.0 Å². The van der Waals surface area contributed by atoms with Crippen molar-refractivity contribution in [3.05, 3.63) is 21.9 Å². The molecule has 1 saturated heterocycles. The summed E-state index contributed by atoms with van der Waals surface area (Å²) in [5, 5.41) is 6.00. The molecule has 2 rings (SSSR count). The van der Waals surface area contributed by atoms with Gasteiger partial charge in [-0.1, -0.05) is 0 Å². The normalized spacial score (nSPS) is 20.4. The molecule has 6 heteroatoms. The van der Waals surface area contributed by atoms with Gasteiger partial charge in [-0.25, -0.2) is 0 Å². The molecular weight excluding hydrogens is 272 g/mol. The summed E-state index contributed by atoms with van der Waals surface area (Å²) in [5.74, 6) is 3.46. The second kappa shape index (κ2) is 6.68. The van der Waals surface area contributed by atoms with Crippen LogP contribution in [0.3, 0.4) is 0 Å². The van der Waals surface area contributed by atoms with Gasteiger partial charge in [0.2, 0.25) is 5.91 Å². The summed E-state index contributed by atoms with van der Waals surface area (Å²) in [6.07, 6.45) is 0. The monoisotopic (exact) mass is 288 g/mol. The van der Waals surface area contributed by atoms with Crippen molar-refractivity contribution in [3.63, 3.8) is 0 Å². The third-order valence-corrected chi connectivity index (χ3v) is 6.28. The maximum Gasteiger partial charge on any atom is 0.249 e. The molecule has 0 saturated carbocycles. The van der Waals surface area contributed by atoms with Crippen LogP contribution in [0.25, 0.3) is 0 Å². The highest BCUT2D eigenvalue weighted by molar-refractivity contribution is 8.06. The number of thiophene rings is 1. The topological polar surface area (TPSA) is 55.1 Å². The van der Waals surface area contributed by atoms with Gasteiger partial charge >= 0.3 is 0 Å². The highest BCUT2D eigenvalue weighted by atomic mass is 32.2. The molecule has 3 nitrogen and oxygen atoms in total. The molecule has 1 amide bonds. The number of thioether (sulfide) groups is 2. The lowest BCUT2D eigenvalue weighted by atomic mass is 10.3. The van der Waals surface area contributed by atoms with Gasteiger partial charge in [0.25, 0.3) is 0 Å². The molecule has 1 unspecified atom stereocenters. The minimum Gasteiger partial charge on any atom is -0.366 e. The lowest BCUT2D eigenvalue weighted by Gasteiger charge is -2.20. The van der Waals surface area contributed by atoms with E-state index in [-0.39, 0.29) is 5.91 Å². The van der Waals surface area contributed by atoms with Gasteiger partial charge in [0.05, 0.1) is 5.56 Å². The number of nitrogens with one attached hydrogen (secondary N) is 1. The first-order valence-electron chi connectivity index (χ1n) is 5.53. The van der Waals surface area contributed by atoms with Crippen LogP contribution in [-0.2, 0) is 6.54 Å². The number of nitrogens with two attached hydrogens (primary N) is 1. The Kier molecular flexibility index (Phi) is 5.21. The first-order valence-corrected chi connectivity index (χ1v) is 8.61. The third kappa shape index (κ3) is 4.21. The van der Waals surface area contributed by atoms with Gasteiger partial charge in [-0.3, -0.25) is 4.79 Å². The molecule has 1 aliphatic rings. The maximum atomic E-state index is 10.9. The summed E-state index contributed by atoms with van der Waals surface area (Å²) < 4.78 is 0. The van der Waals surface area contributed by atoms with E-state index in [0.717, 1.165) is 18.3 Å². The van der Waals surface area contributed by atoms with Crippen LogP contribution in [0, 0.1) is 0 Å². The van der Waals surface area contributed by atoms with E-state index in [1.165, 1.54) is 22.1 Å². The molecule has 0 aromatic carbocycles. The van der Waals surface area contributed by atoms with Crippen LogP contribution in [0.4, 0.5) is 0 Å².